The Hall–Kier alpha value is -1.96. The average Bonchev–Trinajstić information content (AvgIpc) is 2.55. The molecule has 1 aromatic carbocycles. The van der Waals surface area contributed by atoms with Crippen molar-refractivity contribution in [1.82, 2.24) is 10.2 Å². The molecule has 1 fully saturated rings. The summed E-state index contributed by atoms with van der Waals surface area (Å²) in [5.74, 6) is 1.61. The highest BCUT2D eigenvalue weighted by molar-refractivity contribution is 7.91. The molecule has 2 amide bonds. The molecule has 1 heterocycles. The van der Waals surface area contributed by atoms with Gasteiger partial charge in [0.15, 0.2) is 9.84 Å². The van der Waals surface area contributed by atoms with Gasteiger partial charge < -0.3 is 19.7 Å². The Morgan fingerprint density at radius 1 is 1.17 bits per heavy atom. The molecule has 0 aromatic heterocycles. The molecule has 23 heavy (non-hydrogen) atoms. The van der Waals surface area contributed by atoms with Crippen molar-refractivity contribution in [3.8, 4) is 11.5 Å². The van der Waals surface area contributed by atoms with Gasteiger partial charge in [-0.15, -0.1) is 0 Å². The van der Waals surface area contributed by atoms with Crippen LogP contribution in [0.25, 0.3) is 0 Å². The van der Waals surface area contributed by atoms with Crippen molar-refractivity contribution >= 4 is 15.9 Å². The van der Waals surface area contributed by atoms with E-state index in [0.717, 1.165) is 11.5 Å². The van der Waals surface area contributed by atoms with Crippen LogP contribution in [0.4, 0.5) is 4.79 Å². The van der Waals surface area contributed by atoms with E-state index < -0.39 is 9.84 Å². The number of benzene rings is 1. The molecular weight excluding hydrogens is 320 g/mol. The highest BCUT2D eigenvalue weighted by atomic mass is 32.2. The molecule has 1 aliphatic rings. The van der Waals surface area contributed by atoms with Crippen LogP contribution in [-0.4, -0.2) is 64.2 Å². The summed E-state index contributed by atoms with van der Waals surface area (Å²) in [6, 6.07) is 7.07. The van der Waals surface area contributed by atoms with Crippen LogP contribution in [0.15, 0.2) is 24.3 Å². The van der Waals surface area contributed by atoms with Crippen LogP contribution in [0.1, 0.15) is 6.42 Å². The van der Waals surface area contributed by atoms with Gasteiger partial charge in [0.2, 0.25) is 0 Å². The van der Waals surface area contributed by atoms with Crippen LogP contribution < -0.4 is 14.8 Å². The lowest BCUT2D eigenvalue weighted by molar-refractivity contribution is 0.201. The first-order valence-electron chi connectivity index (χ1n) is 7.50. The van der Waals surface area contributed by atoms with Gasteiger partial charge in [-0.1, -0.05) is 0 Å². The maximum atomic E-state index is 11.9. The fourth-order valence-electron chi connectivity index (χ4n) is 2.16. The number of sulfone groups is 1. The first kappa shape index (κ1) is 17.4. The van der Waals surface area contributed by atoms with Gasteiger partial charge in [0.1, 0.15) is 11.5 Å². The monoisotopic (exact) mass is 342 g/mol. The lowest BCUT2D eigenvalue weighted by Crippen LogP contribution is -2.48. The molecule has 1 aromatic rings. The minimum atomic E-state index is -2.96. The van der Waals surface area contributed by atoms with Crippen molar-refractivity contribution in [3.05, 3.63) is 24.3 Å². The molecule has 0 atom stereocenters. The summed E-state index contributed by atoms with van der Waals surface area (Å²) in [6.07, 6.45) is 0.671. The highest BCUT2D eigenvalue weighted by Gasteiger charge is 2.24. The predicted octanol–water partition coefficient (Wildman–Crippen LogP) is 0.904. The molecule has 0 bridgehead atoms. The zero-order valence-corrected chi connectivity index (χ0v) is 14.0. The Morgan fingerprint density at radius 3 is 2.39 bits per heavy atom. The van der Waals surface area contributed by atoms with Crippen LogP contribution in [0.5, 0.6) is 11.5 Å². The first-order chi connectivity index (χ1) is 11.0. The van der Waals surface area contributed by atoms with E-state index in [1.807, 2.05) is 24.3 Å². The van der Waals surface area contributed by atoms with Crippen LogP contribution in [0.3, 0.4) is 0 Å². The molecule has 1 saturated heterocycles. The maximum Gasteiger partial charge on any atom is 0.317 e. The van der Waals surface area contributed by atoms with Gasteiger partial charge in [-0.3, -0.25) is 0 Å². The number of hydrogen-bond acceptors (Lipinski definition) is 5. The number of hydrogen-bond donors (Lipinski definition) is 1. The molecule has 1 aliphatic heterocycles. The summed E-state index contributed by atoms with van der Waals surface area (Å²) in [6.45, 7) is 1.49. The molecule has 0 saturated carbocycles. The van der Waals surface area contributed by atoms with Crippen molar-refractivity contribution in [2.75, 3.05) is 44.9 Å². The van der Waals surface area contributed by atoms with Crippen molar-refractivity contribution < 1.29 is 22.7 Å². The second kappa shape index (κ2) is 8.05. The number of amides is 2. The molecule has 0 radical (unpaired) electrons. The number of carbonyl (C=O) groups is 1. The third kappa shape index (κ3) is 5.63. The normalized spacial score (nSPS) is 16.7. The smallest absolute Gasteiger partial charge is 0.317 e. The Balaban J connectivity index is 1.60. The van der Waals surface area contributed by atoms with Crippen molar-refractivity contribution in [1.29, 1.82) is 0 Å². The molecule has 7 nitrogen and oxygen atoms in total. The van der Waals surface area contributed by atoms with Gasteiger partial charge in [0.25, 0.3) is 0 Å². The second-order valence-corrected chi connectivity index (χ2v) is 7.55. The van der Waals surface area contributed by atoms with E-state index in [4.69, 9.17) is 9.47 Å². The molecule has 0 unspecified atom stereocenters. The van der Waals surface area contributed by atoms with E-state index in [-0.39, 0.29) is 30.6 Å². The fraction of sp³-hybridized carbons (Fsp3) is 0.533. The number of carbonyl (C=O) groups excluding carboxylic acids is 1. The van der Waals surface area contributed by atoms with Crippen molar-refractivity contribution in [2.24, 2.45) is 0 Å². The van der Waals surface area contributed by atoms with Gasteiger partial charge >= 0.3 is 6.03 Å². The largest absolute Gasteiger partial charge is 0.497 e. The summed E-state index contributed by atoms with van der Waals surface area (Å²) in [5, 5.41) is 2.78. The van der Waals surface area contributed by atoms with Crippen molar-refractivity contribution in [2.45, 2.75) is 6.42 Å². The van der Waals surface area contributed by atoms with Gasteiger partial charge in [-0.2, -0.15) is 0 Å². The number of nitrogens with zero attached hydrogens (tertiary/aromatic N) is 1. The number of urea groups is 1. The Labute approximate surface area is 136 Å². The fourth-order valence-corrected chi connectivity index (χ4v) is 3.36. The Morgan fingerprint density at radius 2 is 1.78 bits per heavy atom. The number of rotatable bonds is 6. The third-order valence-electron chi connectivity index (χ3n) is 3.56. The maximum absolute atomic E-state index is 11.9. The van der Waals surface area contributed by atoms with Gasteiger partial charge in [0.05, 0.1) is 25.2 Å². The zero-order valence-electron chi connectivity index (χ0n) is 13.2. The average molecular weight is 342 g/mol. The van der Waals surface area contributed by atoms with E-state index in [9.17, 15) is 13.2 Å². The topological polar surface area (TPSA) is 84.9 Å². The molecule has 128 valence electrons. The van der Waals surface area contributed by atoms with E-state index in [1.54, 1.807) is 7.11 Å². The third-order valence-corrected chi connectivity index (χ3v) is 5.17. The zero-order chi connectivity index (χ0) is 16.7. The van der Waals surface area contributed by atoms with E-state index in [0.29, 0.717) is 19.6 Å². The van der Waals surface area contributed by atoms with Crippen LogP contribution in [0, 0.1) is 0 Å². The minimum absolute atomic E-state index is 0.0427. The lowest BCUT2D eigenvalue weighted by Gasteiger charge is -2.26. The van der Waals surface area contributed by atoms with Gasteiger partial charge in [0, 0.05) is 19.6 Å². The molecule has 8 heteroatoms. The summed E-state index contributed by atoms with van der Waals surface area (Å²) < 4.78 is 33.2. The predicted molar refractivity (Wildman–Crippen MR) is 86.7 cm³/mol. The molecule has 2 rings (SSSR count). The summed E-state index contributed by atoms with van der Waals surface area (Å²) >= 11 is 0. The minimum Gasteiger partial charge on any atom is -0.497 e. The molecule has 0 spiro atoms. The number of methoxy groups -OCH3 is 1. The standard InChI is InChI=1S/C15H22N2O5S/c1-21-13-3-5-14(6-4-13)22-10-2-7-16-15(18)17-8-11-23(19,20)12-9-17/h3-6H,2,7-12H2,1H3,(H,16,18). The lowest BCUT2D eigenvalue weighted by atomic mass is 10.3. The van der Waals surface area contributed by atoms with E-state index >= 15 is 0 Å². The summed E-state index contributed by atoms with van der Waals surface area (Å²) in [4.78, 5) is 13.4. The Kier molecular flexibility index (Phi) is 6.09. The first-order valence-corrected chi connectivity index (χ1v) is 9.32. The van der Waals surface area contributed by atoms with Crippen molar-refractivity contribution in [3.63, 3.8) is 0 Å². The molecule has 1 N–H and O–H groups in total. The quantitative estimate of drug-likeness (QED) is 0.777. The van der Waals surface area contributed by atoms with E-state index in [1.165, 1.54) is 4.90 Å². The van der Waals surface area contributed by atoms with E-state index in [2.05, 4.69) is 5.32 Å². The molecule has 0 aliphatic carbocycles. The Bertz CT molecular complexity index is 601. The summed E-state index contributed by atoms with van der Waals surface area (Å²) in [5.41, 5.74) is 0. The van der Waals surface area contributed by atoms with Crippen LogP contribution in [0.2, 0.25) is 0 Å². The second-order valence-electron chi connectivity index (χ2n) is 5.25. The van der Waals surface area contributed by atoms with Crippen LogP contribution in [-0.2, 0) is 9.84 Å². The molecular formula is C15H22N2O5S. The summed E-state index contributed by atoms with van der Waals surface area (Å²) in [7, 11) is -1.36. The number of ether oxygens (including phenoxy) is 2. The van der Waals surface area contributed by atoms with Gasteiger partial charge in [-0.05, 0) is 30.7 Å². The number of nitrogens with one attached hydrogen (secondary N) is 1. The van der Waals surface area contributed by atoms with Gasteiger partial charge in [-0.25, -0.2) is 13.2 Å². The van der Waals surface area contributed by atoms with Crippen LogP contribution >= 0.6 is 0 Å². The highest BCUT2D eigenvalue weighted by Crippen LogP contribution is 2.16. The SMILES string of the molecule is COc1ccc(OCCCNC(=O)N2CCS(=O)(=O)CC2)cc1.